The highest BCUT2D eigenvalue weighted by Gasteiger charge is 2.23. The van der Waals surface area contributed by atoms with Crippen LogP contribution in [-0.2, 0) is 0 Å². The molecule has 0 N–H and O–H groups in total. The van der Waals surface area contributed by atoms with Crippen molar-refractivity contribution in [2.24, 2.45) is 0 Å². The summed E-state index contributed by atoms with van der Waals surface area (Å²) in [6.07, 6.45) is 0. The fourth-order valence-electron chi connectivity index (χ4n) is 4.29. The normalized spacial score (nSPS) is 14.5. The Balaban J connectivity index is 1.49. The Bertz CT molecular complexity index is 1240. The summed E-state index contributed by atoms with van der Waals surface area (Å²) in [5.74, 6) is 0.840. The first-order valence-electron chi connectivity index (χ1n) is 10.4. The van der Waals surface area contributed by atoms with Crippen molar-refractivity contribution in [3.8, 4) is 11.1 Å². The van der Waals surface area contributed by atoms with Crippen LogP contribution in [0.5, 0.6) is 0 Å². The molecule has 1 saturated heterocycles. The van der Waals surface area contributed by atoms with Crippen molar-refractivity contribution < 1.29 is 4.39 Å². The van der Waals surface area contributed by atoms with Crippen LogP contribution in [-0.4, -0.2) is 40.8 Å². The molecule has 158 valence electrons. The standard InChI is InChI=1S/C24H23ClFN5/c1-16-15-22(30-13-11-29(12-14-30)21-6-4-3-5-20(21)26)31-24(27-16)23(17(2)28-31)18-7-9-19(25)10-8-18/h3-10,15H,11-14H2,1-2H3. The second-order valence-electron chi connectivity index (χ2n) is 7.88. The van der Waals surface area contributed by atoms with Crippen LogP contribution in [0.1, 0.15) is 11.4 Å². The quantitative estimate of drug-likeness (QED) is 0.447. The predicted octanol–water partition coefficient (Wildman–Crippen LogP) is 5.13. The Kier molecular flexibility index (Phi) is 5.02. The summed E-state index contributed by atoms with van der Waals surface area (Å²) >= 11 is 6.08. The van der Waals surface area contributed by atoms with Gasteiger partial charge >= 0.3 is 0 Å². The van der Waals surface area contributed by atoms with E-state index in [4.69, 9.17) is 21.7 Å². The van der Waals surface area contributed by atoms with Gasteiger partial charge in [0.25, 0.3) is 0 Å². The van der Waals surface area contributed by atoms with Gasteiger partial charge in [0.1, 0.15) is 11.6 Å². The molecule has 1 aliphatic rings. The van der Waals surface area contributed by atoms with E-state index in [0.29, 0.717) is 10.7 Å². The van der Waals surface area contributed by atoms with Gasteiger partial charge in [0.15, 0.2) is 5.65 Å². The summed E-state index contributed by atoms with van der Waals surface area (Å²) in [4.78, 5) is 9.21. The Morgan fingerprint density at radius 3 is 2.29 bits per heavy atom. The van der Waals surface area contributed by atoms with E-state index in [0.717, 1.165) is 60.2 Å². The van der Waals surface area contributed by atoms with E-state index in [1.807, 2.05) is 54.8 Å². The van der Waals surface area contributed by atoms with Crippen molar-refractivity contribution in [1.29, 1.82) is 0 Å². The molecule has 0 bridgehead atoms. The number of piperazine rings is 1. The fourth-order valence-corrected chi connectivity index (χ4v) is 4.42. The van der Waals surface area contributed by atoms with E-state index in [9.17, 15) is 4.39 Å². The molecule has 0 atom stereocenters. The van der Waals surface area contributed by atoms with Gasteiger partial charge < -0.3 is 9.80 Å². The van der Waals surface area contributed by atoms with Gasteiger partial charge in [-0.1, -0.05) is 35.9 Å². The van der Waals surface area contributed by atoms with E-state index in [-0.39, 0.29) is 5.82 Å². The lowest BCUT2D eigenvalue weighted by Gasteiger charge is -2.37. The molecule has 2 aromatic carbocycles. The van der Waals surface area contributed by atoms with Crippen molar-refractivity contribution in [3.63, 3.8) is 0 Å². The molecular weight excluding hydrogens is 413 g/mol. The van der Waals surface area contributed by atoms with Gasteiger partial charge in [0.05, 0.1) is 11.4 Å². The lowest BCUT2D eigenvalue weighted by Crippen LogP contribution is -2.47. The van der Waals surface area contributed by atoms with Gasteiger partial charge in [-0.25, -0.2) is 9.37 Å². The first-order valence-corrected chi connectivity index (χ1v) is 10.8. The van der Waals surface area contributed by atoms with E-state index in [1.165, 1.54) is 6.07 Å². The number of anilines is 2. The summed E-state index contributed by atoms with van der Waals surface area (Å²) in [5, 5.41) is 5.53. The Morgan fingerprint density at radius 1 is 0.903 bits per heavy atom. The highest BCUT2D eigenvalue weighted by atomic mass is 35.5. The van der Waals surface area contributed by atoms with Gasteiger partial charge in [-0.2, -0.15) is 9.61 Å². The summed E-state index contributed by atoms with van der Waals surface area (Å²) < 4.78 is 16.1. The average Bonchev–Trinajstić information content (AvgIpc) is 3.10. The van der Waals surface area contributed by atoms with E-state index in [1.54, 1.807) is 6.07 Å². The summed E-state index contributed by atoms with van der Waals surface area (Å²) in [7, 11) is 0. The molecule has 0 saturated carbocycles. The molecule has 1 aliphatic heterocycles. The van der Waals surface area contributed by atoms with Crippen molar-refractivity contribution in [3.05, 3.63) is 76.8 Å². The molecule has 31 heavy (non-hydrogen) atoms. The third-order valence-corrected chi connectivity index (χ3v) is 6.05. The molecule has 0 aliphatic carbocycles. The van der Waals surface area contributed by atoms with Crippen molar-refractivity contribution in [1.82, 2.24) is 14.6 Å². The Hall–Kier alpha value is -3.12. The fraction of sp³-hybridized carbons (Fsp3) is 0.250. The zero-order valence-corrected chi connectivity index (χ0v) is 18.3. The number of fused-ring (bicyclic) bond motifs is 1. The smallest absolute Gasteiger partial charge is 0.165 e. The van der Waals surface area contributed by atoms with Crippen LogP contribution in [0.2, 0.25) is 5.02 Å². The number of hydrogen-bond donors (Lipinski definition) is 0. The zero-order chi connectivity index (χ0) is 21.5. The third-order valence-electron chi connectivity index (χ3n) is 5.80. The third kappa shape index (κ3) is 3.61. The first-order chi connectivity index (χ1) is 15.0. The molecule has 2 aromatic heterocycles. The van der Waals surface area contributed by atoms with Crippen LogP contribution < -0.4 is 9.80 Å². The number of aromatic nitrogens is 3. The van der Waals surface area contributed by atoms with Crippen LogP contribution in [0.25, 0.3) is 16.8 Å². The van der Waals surface area contributed by atoms with Gasteiger partial charge in [-0.3, -0.25) is 0 Å². The number of nitrogens with zero attached hydrogens (tertiary/aromatic N) is 5. The molecule has 0 unspecified atom stereocenters. The van der Waals surface area contributed by atoms with Crippen LogP contribution in [0.3, 0.4) is 0 Å². The molecule has 0 amide bonds. The zero-order valence-electron chi connectivity index (χ0n) is 17.5. The van der Waals surface area contributed by atoms with E-state index >= 15 is 0 Å². The Labute approximate surface area is 185 Å². The van der Waals surface area contributed by atoms with Crippen LogP contribution in [0.4, 0.5) is 15.9 Å². The number of para-hydroxylation sites is 1. The molecule has 5 rings (SSSR count). The molecule has 4 aromatic rings. The van der Waals surface area contributed by atoms with Crippen molar-refractivity contribution in [2.45, 2.75) is 13.8 Å². The minimum atomic E-state index is -0.173. The largest absolute Gasteiger partial charge is 0.366 e. The molecule has 5 nitrogen and oxygen atoms in total. The SMILES string of the molecule is Cc1cc(N2CCN(c3ccccc3F)CC2)n2nc(C)c(-c3ccc(Cl)cc3)c2n1. The van der Waals surface area contributed by atoms with Gasteiger partial charge in [-0.15, -0.1) is 0 Å². The molecule has 0 radical (unpaired) electrons. The lowest BCUT2D eigenvalue weighted by molar-refractivity contribution is 0.593. The van der Waals surface area contributed by atoms with Crippen molar-refractivity contribution >= 4 is 28.8 Å². The topological polar surface area (TPSA) is 36.7 Å². The second kappa shape index (κ2) is 7.85. The molecule has 7 heteroatoms. The van der Waals surface area contributed by atoms with Gasteiger partial charge in [-0.05, 0) is 43.7 Å². The highest BCUT2D eigenvalue weighted by molar-refractivity contribution is 6.30. The van der Waals surface area contributed by atoms with Gasteiger partial charge in [0.2, 0.25) is 0 Å². The summed E-state index contributed by atoms with van der Waals surface area (Å²) in [6.45, 7) is 7.06. The minimum absolute atomic E-state index is 0.173. The molecular formula is C24H23ClFN5. The first kappa shape index (κ1) is 19.8. The number of aryl methyl sites for hydroxylation is 2. The van der Waals surface area contributed by atoms with Crippen molar-refractivity contribution in [2.75, 3.05) is 36.0 Å². The predicted molar refractivity (Wildman–Crippen MR) is 124 cm³/mol. The number of halogens is 2. The minimum Gasteiger partial charge on any atom is -0.366 e. The van der Waals surface area contributed by atoms with E-state index < -0.39 is 0 Å². The summed E-state index contributed by atoms with van der Waals surface area (Å²) in [5.41, 5.74) is 5.43. The number of hydrogen-bond acceptors (Lipinski definition) is 4. The molecule has 1 fully saturated rings. The lowest BCUT2D eigenvalue weighted by atomic mass is 10.1. The molecule has 3 heterocycles. The van der Waals surface area contributed by atoms with Crippen LogP contribution >= 0.6 is 11.6 Å². The maximum absolute atomic E-state index is 14.2. The number of benzene rings is 2. The maximum atomic E-state index is 14.2. The van der Waals surface area contributed by atoms with Gasteiger partial charge in [0, 0.05) is 48.5 Å². The summed E-state index contributed by atoms with van der Waals surface area (Å²) in [6, 6.07) is 16.8. The number of rotatable bonds is 3. The highest BCUT2D eigenvalue weighted by Crippen LogP contribution is 2.31. The van der Waals surface area contributed by atoms with E-state index in [2.05, 4.69) is 15.9 Å². The van der Waals surface area contributed by atoms with Crippen LogP contribution in [0.15, 0.2) is 54.6 Å². The maximum Gasteiger partial charge on any atom is 0.165 e. The second-order valence-corrected chi connectivity index (χ2v) is 8.32. The Morgan fingerprint density at radius 2 is 1.58 bits per heavy atom. The monoisotopic (exact) mass is 435 g/mol. The molecule has 0 spiro atoms. The average molecular weight is 436 g/mol. The van der Waals surface area contributed by atoms with Crippen LogP contribution in [0, 0.1) is 19.7 Å².